The van der Waals surface area contributed by atoms with Gasteiger partial charge in [-0.3, -0.25) is 4.79 Å². The highest BCUT2D eigenvalue weighted by Crippen LogP contribution is 2.29. The molecule has 4 N–H and O–H groups in total. The largest absolute Gasteiger partial charge is 0.494 e. The van der Waals surface area contributed by atoms with E-state index in [1.165, 1.54) is 0 Å². The van der Waals surface area contributed by atoms with Gasteiger partial charge < -0.3 is 20.7 Å². The maximum atomic E-state index is 12.9. The molecule has 6 heteroatoms. The molecule has 0 radical (unpaired) electrons. The summed E-state index contributed by atoms with van der Waals surface area (Å²) >= 11 is 1.57. The van der Waals surface area contributed by atoms with Gasteiger partial charge in [0.1, 0.15) is 5.75 Å². The van der Waals surface area contributed by atoms with Crippen molar-refractivity contribution in [3.63, 3.8) is 0 Å². The molecule has 0 amide bonds. The summed E-state index contributed by atoms with van der Waals surface area (Å²) in [6.07, 6.45) is 4.40. The molecule has 0 saturated heterocycles. The van der Waals surface area contributed by atoms with Crippen LogP contribution in [0, 0.1) is 0 Å². The van der Waals surface area contributed by atoms with E-state index in [-0.39, 0.29) is 18.6 Å². The Balaban J connectivity index is 1.88. The van der Waals surface area contributed by atoms with E-state index >= 15 is 0 Å². The van der Waals surface area contributed by atoms with E-state index in [1.807, 2.05) is 36.4 Å². The van der Waals surface area contributed by atoms with Crippen LogP contribution in [-0.2, 0) is 6.42 Å². The van der Waals surface area contributed by atoms with Gasteiger partial charge in [-0.15, -0.1) is 11.3 Å². The third kappa shape index (κ3) is 5.14. The highest BCUT2D eigenvalue weighted by molar-refractivity contribution is 7.24. The standard InChI is InChI=1S/C23H29NO4S/c1-2-3-4-11-28-17-6-8-19-21(13-17)29-20-12-16(5-7-18(20)22(19)27)9-10-23(24,14-25)15-26/h5-8,12-13,25-26H,2-4,9-11,14-15,24H2,1H3. The second kappa shape index (κ2) is 9.67. The van der Waals surface area contributed by atoms with E-state index in [0.29, 0.717) is 30.2 Å². The number of aryl methyl sites for hydroxylation is 1. The molecule has 3 rings (SSSR count). The lowest BCUT2D eigenvalue weighted by molar-refractivity contribution is 0.115. The molecule has 1 heterocycles. The van der Waals surface area contributed by atoms with Gasteiger partial charge >= 0.3 is 0 Å². The number of aliphatic hydroxyl groups excluding tert-OH is 2. The molecule has 5 nitrogen and oxygen atoms in total. The minimum atomic E-state index is -0.991. The van der Waals surface area contributed by atoms with Crippen molar-refractivity contribution >= 4 is 31.5 Å². The number of unbranched alkanes of at least 4 members (excludes halogenated alkanes) is 2. The maximum Gasteiger partial charge on any atom is 0.195 e. The van der Waals surface area contributed by atoms with Gasteiger partial charge in [0.05, 0.1) is 25.4 Å². The summed E-state index contributed by atoms with van der Waals surface area (Å²) in [5.41, 5.74) is 6.03. The first-order chi connectivity index (χ1) is 14.0. The third-order valence-electron chi connectivity index (χ3n) is 5.27. The average molecular weight is 416 g/mol. The van der Waals surface area contributed by atoms with Crippen LogP contribution >= 0.6 is 11.3 Å². The lowest BCUT2D eigenvalue weighted by Crippen LogP contribution is -2.47. The molecule has 3 aromatic rings. The molecule has 0 aliphatic heterocycles. The molecule has 156 valence electrons. The number of hydrogen-bond donors (Lipinski definition) is 3. The van der Waals surface area contributed by atoms with Crippen LogP contribution in [0.25, 0.3) is 20.2 Å². The minimum absolute atomic E-state index is 0.0247. The lowest BCUT2D eigenvalue weighted by atomic mass is 9.94. The number of rotatable bonds is 10. The van der Waals surface area contributed by atoms with E-state index in [4.69, 9.17) is 10.5 Å². The molecule has 0 saturated carbocycles. The van der Waals surface area contributed by atoms with Gasteiger partial charge in [0.2, 0.25) is 0 Å². The topological polar surface area (TPSA) is 92.8 Å². The Morgan fingerprint density at radius 2 is 1.72 bits per heavy atom. The van der Waals surface area contributed by atoms with Gasteiger partial charge in [-0.1, -0.05) is 25.8 Å². The summed E-state index contributed by atoms with van der Waals surface area (Å²) in [6.45, 7) is 2.31. The summed E-state index contributed by atoms with van der Waals surface area (Å²) in [6, 6.07) is 11.4. The molecule has 29 heavy (non-hydrogen) atoms. The molecule has 0 unspecified atom stereocenters. The zero-order chi connectivity index (χ0) is 20.9. The summed E-state index contributed by atoms with van der Waals surface area (Å²) in [7, 11) is 0. The molecule has 0 atom stereocenters. The zero-order valence-electron chi connectivity index (χ0n) is 16.8. The molecule has 0 aliphatic carbocycles. The van der Waals surface area contributed by atoms with Crippen molar-refractivity contribution in [1.29, 1.82) is 0 Å². The van der Waals surface area contributed by atoms with Gasteiger partial charge in [-0.25, -0.2) is 0 Å². The molecule has 0 aliphatic rings. The maximum absolute atomic E-state index is 12.9. The van der Waals surface area contributed by atoms with Gasteiger partial charge in [0, 0.05) is 20.2 Å². The Morgan fingerprint density at radius 1 is 1.03 bits per heavy atom. The van der Waals surface area contributed by atoms with Crippen LogP contribution in [0.2, 0.25) is 0 Å². The minimum Gasteiger partial charge on any atom is -0.494 e. The van der Waals surface area contributed by atoms with Crippen LogP contribution in [0.3, 0.4) is 0 Å². The molecular formula is C23H29NO4S. The van der Waals surface area contributed by atoms with E-state index in [1.54, 1.807) is 11.3 Å². The summed E-state index contributed by atoms with van der Waals surface area (Å²) < 4.78 is 7.66. The van der Waals surface area contributed by atoms with Crippen molar-refractivity contribution in [2.24, 2.45) is 5.73 Å². The third-order valence-corrected chi connectivity index (χ3v) is 6.38. The fourth-order valence-electron chi connectivity index (χ4n) is 3.27. The summed E-state index contributed by atoms with van der Waals surface area (Å²) in [5.74, 6) is 0.790. The molecule has 1 aromatic heterocycles. The van der Waals surface area contributed by atoms with Gasteiger partial charge in [-0.2, -0.15) is 0 Å². The SMILES string of the molecule is CCCCCOc1ccc2c(=O)c3ccc(CCC(N)(CO)CO)cc3sc2c1. The smallest absolute Gasteiger partial charge is 0.195 e. The Hall–Kier alpha value is -1.99. The van der Waals surface area contributed by atoms with Crippen LogP contribution in [0.4, 0.5) is 0 Å². The molecule has 0 bridgehead atoms. The van der Waals surface area contributed by atoms with Crippen molar-refractivity contribution in [3.8, 4) is 5.75 Å². The summed E-state index contributed by atoms with van der Waals surface area (Å²) in [5, 5.41) is 20.1. The van der Waals surface area contributed by atoms with E-state index in [9.17, 15) is 15.0 Å². The summed E-state index contributed by atoms with van der Waals surface area (Å²) in [4.78, 5) is 12.9. The monoisotopic (exact) mass is 415 g/mol. The second-order valence-corrected chi connectivity index (χ2v) is 8.74. The number of fused-ring (bicyclic) bond motifs is 2. The molecule has 2 aromatic carbocycles. The van der Waals surface area contributed by atoms with Crippen molar-refractivity contribution < 1.29 is 14.9 Å². The van der Waals surface area contributed by atoms with Crippen LogP contribution in [0.1, 0.15) is 38.2 Å². The molecule has 0 fully saturated rings. The van der Waals surface area contributed by atoms with Crippen LogP contribution in [0.5, 0.6) is 5.75 Å². The van der Waals surface area contributed by atoms with Crippen LogP contribution in [-0.4, -0.2) is 35.6 Å². The predicted molar refractivity (Wildman–Crippen MR) is 120 cm³/mol. The second-order valence-electron chi connectivity index (χ2n) is 7.65. The first kappa shape index (κ1) is 21.7. The highest BCUT2D eigenvalue weighted by Gasteiger charge is 2.22. The van der Waals surface area contributed by atoms with Crippen molar-refractivity contribution in [1.82, 2.24) is 0 Å². The Morgan fingerprint density at radius 3 is 2.41 bits per heavy atom. The van der Waals surface area contributed by atoms with Gasteiger partial charge in [0.25, 0.3) is 0 Å². The quantitative estimate of drug-likeness (QED) is 0.348. The zero-order valence-corrected chi connectivity index (χ0v) is 17.6. The predicted octanol–water partition coefficient (Wildman–Crippen LogP) is 3.60. The van der Waals surface area contributed by atoms with Gasteiger partial charge in [0.15, 0.2) is 5.43 Å². The Bertz CT molecular complexity index is 1030. The molecule has 0 spiro atoms. The number of benzene rings is 2. The number of ether oxygens (including phenoxy) is 1. The van der Waals surface area contributed by atoms with Crippen molar-refractivity contribution in [3.05, 3.63) is 52.2 Å². The Labute approximate surface area is 174 Å². The fraction of sp³-hybridized carbons (Fsp3) is 0.435. The fourth-order valence-corrected chi connectivity index (χ4v) is 4.43. The van der Waals surface area contributed by atoms with E-state index in [2.05, 4.69) is 6.92 Å². The highest BCUT2D eigenvalue weighted by atomic mass is 32.1. The van der Waals surface area contributed by atoms with Crippen LogP contribution in [0.15, 0.2) is 41.2 Å². The van der Waals surface area contributed by atoms with Crippen molar-refractivity contribution in [2.75, 3.05) is 19.8 Å². The normalized spacial score (nSPS) is 12.0. The van der Waals surface area contributed by atoms with E-state index in [0.717, 1.165) is 40.0 Å². The lowest BCUT2D eigenvalue weighted by Gasteiger charge is -2.24. The first-order valence-electron chi connectivity index (χ1n) is 10.1. The van der Waals surface area contributed by atoms with Gasteiger partial charge in [-0.05, 0) is 55.2 Å². The van der Waals surface area contributed by atoms with Crippen molar-refractivity contribution in [2.45, 2.75) is 44.6 Å². The van der Waals surface area contributed by atoms with Crippen LogP contribution < -0.4 is 15.9 Å². The number of aliphatic hydroxyl groups is 2. The number of nitrogens with two attached hydrogens (primary N) is 1. The average Bonchev–Trinajstić information content (AvgIpc) is 2.75. The molecular weight excluding hydrogens is 386 g/mol. The first-order valence-corrected chi connectivity index (χ1v) is 10.9. The Kier molecular flexibility index (Phi) is 7.24. The number of hydrogen-bond acceptors (Lipinski definition) is 6. The van der Waals surface area contributed by atoms with E-state index < -0.39 is 5.54 Å².